The van der Waals surface area contributed by atoms with E-state index in [1.54, 1.807) is 18.4 Å². The van der Waals surface area contributed by atoms with Crippen LogP contribution in [-0.2, 0) is 4.79 Å². The Morgan fingerprint density at radius 3 is 2.67 bits per heavy atom. The van der Waals surface area contributed by atoms with Gasteiger partial charge in [0.05, 0.1) is 12.8 Å². The van der Waals surface area contributed by atoms with E-state index in [4.69, 9.17) is 4.74 Å². The number of aromatic nitrogens is 1. The van der Waals surface area contributed by atoms with Gasteiger partial charge >= 0.3 is 0 Å². The third-order valence-corrected chi connectivity index (χ3v) is 6.35. The maximum atomic E-state index is 12.6. The van der Waals surface area contributed by atoms with Crippen molar-refractivity contribution in [3.05, 3.63) is 29.1 Å². The van der Waals surface area contributed by atoms with Gasteiger partial charge in [-0.1, -0.05) is 6.42 Å². The highest BCUT2D eigenvalue weighted by atomic mass is 32.1. The summed E-state index contributed by atoms with van der Waals surface area (Å²) >= 11 is 1.55. The van der Waals surface area contributed by atoms with Crippen LogP contribution in [0.4, 0.5) is 5.13 Å². The topological polar surface area (TPSA) is 51.2 Å². The highest BCUT2D eigenvalue weighted by Gasteiger charge is 2.43. The van der Waals surface area contributed by atoms with Crippen LogP contribution in [0, 0.1) is 24.7 Å². The van der Waals surface area contributed by atoms with Crippen molar-refractivity contribution in [3.8, 4) is 17.0 Å². The number of nitrogens with zero attached hydrogens (tertiary/aromatic N) is 1. The van der Waals surface area contributed by atoms with Crippen LogP contribution in [0.3, 0.4) is 0 Å². The fourth-order valence-corrected chi connectivity index (χ4v) is 5.07. The maximum Gasteiger partial charge on any atom is 0.229 e. The summed E-state index contributed by atoms with van der Waals surface area (Å²) in [6, 6.07) is 7.87. The largest absolute Gasteiger partial charge is 0.497 e. The highest BCUT2D eigenvalue weighted by Crippen LogP contribution is 2.48. The molecule has 0 spiro atoms. The Bertz CT molecular complexity index is 753. The van der Waals surface area contributed by atoms with Crippen LogP contribution in [0.1, 0.15) is 30.6 Å². The number of benzene rings is 1. The van der Waals surface area contributed by atoms with Gasteiger partial charge in [-0.2, -0.15) is 0 Å². The highest BCUT2D eigenvalue weighted by molar-refractivity contribution is 7.16. The van der Waals surface area contributed by atoms with Gasteiger partial charge in [0.15, 0.2) is 5.13 Å². The first-order chi connectivity index (χ1) is 11.6. The molecule has 0 radical (unpaired) electrons. The van der Waals surface area contributed by atoms with Gasteiger partial charge in [0.25, 0.3) is 0 Å². The minimum atomic E-state index is 0.164. The molecule has 2 aromatic rings. The van der Waals surface area contributed by atoms with Crippen molar-refractivity contribution in [2.24, 2.45) is 17.8 Å². The molecule has 4 nitrogen and oxygen atoms in total. The Kier molecular flexibility index (Phi) is 4.04. The normalized spacial score (nSPS) is 25.0. The number of methoxy groups -OCH3 is 1. The number of carbonyl (C=O) groups is 1. The van der Waals surface area contributed by atoms with Crippen molar-refractivity contribution in [1.29, 1.82) is 0 Å². The summed E-state index contributed by atoms with van der Waals surface area (Å²) in [5, 5.41) is 3.78. The van der Waals surface area contributed by atoms with Crippen LogP contribution in [0.5, 0.6) is 5.75 Å². The lowest BCUT2D eigenvalue weighted by Gasteiger charge is -2.19. The summed E-state index contributed by atoms with van der Waals surface area (Å²) < 4.78 is 5.20. The number of nitrogens with one attached hydrogen (secondary N) is 1. The van der Waals surface area contributed by atoms with E-state index in [2.05, 4.69) is 10.3 Å². The second kappa shape index (κ2) is 6.20. The molecule has 1 N–H and O–H groups in total. The molecule has 3 unspecified atom stereocenters. The number of anilines is 1. The number of rotatable bonds is 4. The van der Waals surface area contributed by atoms with Crippen molar-refractivity contribution >= 4 is 22.4 Å². The first kappa shape index (κ1) is 15.6. The van der Waals surface area contributed by atoms with Crippen LogP contribution >= 0.6 is 11.3 Å². The van der Waals surface area contributed by atoms with E-state index in [-0.39, 0.29) is 11.8 Å². The lowest BCUT2D eigenvalue weighted by Crippen LogP contribution is -2.27. The number of hydrogen-bond acceptors (Lipinski definition) is 4. The fraction of sp³-hybridized carbons (Fsp3) is 0.474. The van der Waals surface area contributed by atoms with Crippen molar-refractivity contribution < 1.29 is 9.53 Å². The lowest BCUT2D eigenvalue weighted by atomic mass is 9.88. The average molecular weight is 342 g/mol. The Morgan fingerprint density at radius 1 is 1.25 bits per heavy atom. The monoisotopic (exact) mass is 342 g/mol. The minimum absolute atomic E-state index is 0.164. The predicted molar refractivity (Wildman–Crippen MR) is 96.4 cm³/mol. The lowest BCUT2D eigenvalue weighted by molar-refractivity contribution is -0.121. The van der Waals surface area contributed by atoms with E-state index in [9.17, 15) is 4.79 Å². The fourth-order valence-electron chi connectivity index (χ4n) is 4.23. The van der Waals surface area contributed by atoms with Crippen LogP contribution in [0.25, 0.3) is 11.3 Å². The van der Waals surface area contributed by atoms with Gasteiger partial charge in [-0.15, -0.1) is 11.3 Å². The summed E-state index contributed by atoms with van der Waals surface area (Å²) in [5.41, 5.74) is 1.98. The number of thiazole rings is 1. The third kappa shape index (κ3) is 2.81. The molecule has 5 heteroatoms. The molecule has 2 saturated carbocycles. The van der Waals surface area contributed by atoms with Crippen molar-refractivity contribution in [3.63, 3.8) is 0 Å². The smallest absolute Gasteiger partial charge is 0.229 e. The SMILES string of the molecule is COc1ccc(-c2nc(NC(=O)C3CC4CCC3C4)sc2C)cc1. The number of ether oxygens (including phenoxy) is 1. The quantitative estimate of drug-likeness (QED) is 0.890. The van der Waals surface area contributed by atoms with E-state index in [1.165, 1.54) is 19.3 Å². The molecular formula is C19H22N2O2S. The zero-order valence-electron chi connectivity index (χ0n) is 14.0. The molecule has 126 valence electrons. The summed E-state index contributed by atoms with van der Waals surface area (Å²) in [6.45, 7) is 2.05. The van der Waals surface area contributed by atoms with Gasteiger partial charge in [-0.25, -0.2) is 4.98 Å². The van der Waals surface area contributed by atoms with E-state index >= 15 is 0 Å². The molecule has 1 aromatic carbocycles. The molecule has 0 aliphatic heterocycles. The molecule has 2 bridgehead atoms. The van der Waals surface area contributed by atoms with Crippen molar-refractivity contribution in [2.45, 2.75) is 32.6 Å². The number of hydrogen-bond donors (Lipinski definition) is 1. The third-order valence-electron chi connectivity index (χ3n) is 5.47. The Balaban J connectivity index is 1.49. The second-order valence-electron chi connectivity index (χ2n) is 6.92. The predicted octanol–water partition coefficient (Wildman–Crippen LogP) is 4.50. The van der Waals surface area contributed by atoms with Crippen molar-refractivity contribution in [1.82, 2.24) is 4.98 Å². The first-order valence-electron chi connectivity index (χ1n) is 8.56. The van der Waals surface area contributed by atoms with Crippen LogP contribution < -0.4 is 10.1 Å². The molecule has 2 aliphatic carbocycles. The van der Waals surface area contributed by atoms with Gasteiger partial charge < -0.3 is 10.1 Å². The van der Waals surface area contributed by atoms with E-state index in [0.717, 1.165) is 34.2 Å². The summed E-state index contributed by atoms with van der Waals surface area (Å²) in [5.74, 6) is 2.56. The number of amides is 1. The first-order valence-corrected chi connectivity index (χ1v) is 9.38. The van der Waals surface area contributed by atoms with E-state index in [0.29, 0.717) is 11.0 Å². The minimum Gasteiger partial charge on any atom is -0.497 e. The maximum absolute atomic E-state index is 12.6. The van der Waals surface area contributed by atoms with E-state index < -0.39 is 0 Å². The van der Waals surface area contributed by atoms with Crippen LogP contribution in [0.15, 0.2) is 24.3 Å². The number of carbonyl (C=O) groups excluding carboxylic acids is 1. The molecule has 0 saturated heterocycles. The Labute approximate surface area is 146 Å². The summed E-state index contributed by atoms with van der Waals surface area (Å²) in [4.78, 5) is 18.4. The van der Waals surface area contributed by atoms with Gasteiger partial charge in [-0.3, -0.25) is 4.79 Å². The van der Waals surface area contributed by atoms with Crippen molar-refractivity contribution in [2.75, 3.05) is 12.4 Å². The second-order valence-corrected chi connectivity index (χ2v) is 8.13. The Morgan fingerprint density at radius 2 is 2.04 bits per heavy atom. The van der Waals surface area contributed by atoms with E-state index in [1.807, 2.05) is 31.2 Å². The zero-order chi connectivity index (χ0) is 16.7. The molecule has 2 fully saturated rings. The van der Waals surface area contributed by atoms with Crippen LogP contribution in [0.2, 0.25) is 0 Å². The number of aryl methyl sites for hydroxylation is 1. The Hall–Kier alpha value is -1.88. The molecule has 1 heterocycles. The molecule has 4 rings (SSSR count). The van der Waals surface area contributed by atoms with Gasteiger partial charge in [0.1, 0.15) is 5.75 Å². The molecule has 24 heavy (non-hydrogen) atoms. The van der Waals surface area contributed by atoms with Gasteiger partial charge in [0, 0.05) is 16.4 Å². The molecule has 1 amide bonds. The standard InChI is InChI=1S/C19H22N2O2S/c1-11-17(13-5-7-15(23-2)8-6-13)20-19(24-11)21-18(22)16-10-12-3-4-14(16)9-12/h5-8,12,14,16H,3-4,9-10H2,1-2H3,(H,20,21,22). The molecule has 2 aliphatic rings. The molecular weight excluding hydrogens is 320 g/mol. The molecule has 3 atom stereocenters. The van der Waals surface area contributed by atoms with Gasteiger partial charge in [0.2, 0.25) is 5.91 Å². The summed E-state index contributed by atoms with van der Waals surface area (Å²) in [7, 11) is 1.66. The van der Waals surface area contributed by atoms with Gasteiger partial charge in [-0.05, 0) is 62.3 Å². The number of fused-ring (bicyclic) bond motifs is 2. The van der Waals surface area contributed by atoms with Crippen LogP contribution in [-0.4, -0.2) is 18.0 Å². The zero-order valence-corrected chi connectivity index (χ0v) is 14.9. The average Bonchev–Trinajstić information content (AvgIpc) is 3.30. The summed E-state index contributed by atoms with van der Waals surface area (Å²) in [6.07, 6.45) is 4.83. The molecule has 1 aromatic heterocycles.